The molecule has 1 heterocycles. The first kappa shape index (κ1) is 18.9. The molecule has 0 bridgehead atoms. The minimum absolute atomic E-state index is 0.0706. The minimum Gasteiger partial charge on any atom is -0.453 e. The van der Waals surface area contributed by atoms with Gasteiger partial charge in [-0.3, -0.25) is 9.59 Å². The molecule has 1 atom stereocenters. The van der Waals surface area contributed by atoms with E-state index in [1.807, 2.05) is 30.5 Å². The normalized spacial score (nSPS) is 12.0. The number of esters is 1. The molecule has 0 saturated heterocycles. The number of ether oxygens (including phenoxy) is 1. The van der Waals surface area contributed by atoms with Gasteiger partial charge in [0.05, 0.1) is 10.7 Å². The van der Waals surface area contributed by atoms with Crippen LogP contribution in [0.1, 0.15) is 18.9 Å². The number of fused-ring (bicyclic) bond motifs is 1. The van der Waals surface area contributed by atoms with E-state index in [4.69, 9.17) is 16.3 Å². The third-order valence-corrected chi connectivity index (χ3v) is 4.45. The van der Waals surface area contributed by atoms with E-state index in [1.54, 1.807) is 0 Å². The van der Waals surface area contributed by atoms with Gasteiger partial charge in [-0.05, 0) is 43.2 Å². The van der Waals surface area contributed by atoms with Crippen molar-refractivity contribution in [1.82, 2.24) is 4.98 Å². The number of carbonyl (C=O) groups excluding carboxylic acids is 2. The Bertz CT molecular complexity index is 986. The van der Waals surface area contributed by atoms with Crippen molar-refractivity contribution in [2.75, 3.05) is 5.32 Å². The molecule has 7 heteroatoms. The second-order valence-corrected chi connectivity index (χ2v) is 6.51. The van der Waals surface area contributed by atoms with E-state index >= 15 is 0 Å². The SMILES string of the molecule is C[C@H](OC(=O)CCc1c[nH]c2ccccc12)C(=O)Nc1ccc(F)cc1Cl. The fourth-order valence-electron chi connectivity index (χ4n) is 2.71. The third-order valence-electron chi connectivity index (χ3n) is 4.14. The second kappa shape index (κ2) is 8.22. The molecule has 0 spiro atoms. The van der Waals surface area contributed by atoms with Crippen molar-refractivity contribution in [2.45, 2.75) is 25.9 Å². The van der Waals surface area contributed by atoms with Crippen LogP contribution in [-0.4, -0.2) is 23.0 Å². The smallest absolute Gasteiger partial charge is 0.306 e. The first-order valence-corrected chi connectivity index (χ1v) is 8.82. The van der Waals surface area contributed by atoms with Gasteiger partial charge in [0, 0.05) is 23.5 Å². The maximum absolute atomic E-state index is 13.0. The van der Waals surface area contributed by atoms with E-state index in [2.05, 4.69) is 10.3 Å². The Labute approximate surface area is 160 Å². The van der Waals surface area contributed by atoms with Crippen LogP contribution in [0, 0.1) is 5.82 Å². The van der Waals surface area contributed by atoms with Crippen LogP contribution in [0.25, 0.3) is 10.9 Å². The Kier molecular flexibility index (Phi) is 5.76. The summed E-state index contributed by atoms with van der Waals surface area (Å²) in [5.74, 6) is -1.52. The molecular formula is C20H18ClFN2O3. The Morgan fingerprint density at radius 2 is 2.04 bits per heavy atom. The fraction of sp³-hybridized carbons (Fsp3) is 0.200. The van der Waals surface area contributed by atoms with Crippen LogP contribution in [-0.2, 0) is 20.7 Å². The topological polar surface area (TPSA) is 71.2 Å². The predicted molar refractivity (Wildman–Crippen MR) is 102 cm³/mol. The number of H-pyrrole nitrogens is 1. The highest BCUT2D eigenvalue weighted by atomic mass is 35.5. The lowest BCUT2D eigenvalue weighted by atomic mass is 10.1. The molecule has 5 nitrogen and oxygen atoms in total. The van der Waals surface area contributed by atoms with Gasteiger partial charge >= 0.3 is 5.97 Å². The van der Waals surface area contributed by atoms with Crippen LogP contribution in [0.4, 0.5) is 10.1 Å². The van der Waals surface area contributed by atoms with Crippen molar-refractivity contribution in [3.63, 3.8) is 0 Å². The lowest BCUT2D eigenvalue weighted by Crippen LogP contribution is -2.30. The molecule has 1 amide bonds. The zero-order valence-corrected chi connectivity index (χ0v) is 15.3. The Balaban J connectivity index is 1.53. The van der Waals surface area contributed by atoms with E-state index in [0.717, 1.165) is 22.5 Å². The maximum Gasteiger partial charge on any atom is 0.306 e. The summed E-state index contributed by atoms with van der Waals surface area (Å²) in [5.41, 5.74) is 2.27. The highest BCUT2D eigenvalue weighted by molar-refractivity contribution is 6.33. The van der Waals surface area contributed by atoms with Gasteiger partial charge in [0.25, 0.3) is 5.91 Å². The highest BCUT2D eigenvalue weighted by Crippen LogP contribution is 2.23. The number of benzene rings is 2. The van der Waals surface area contributed by atoms with Gasteiger partial charge < -0.3 is 15.0 Å². The summed E-state index contributed by atoms with van der Waals surface area (Å²) < 4.78 is 18.2. The van der Waals surface area contributed by atoms with Crippen LogP contribution in [0.15, 0.2) is 48.7 Å². The summed E-state index contributed by atoms with van der Waals surface area (Å²) in [6.07, 6.45) is 1.52. The number of carbonyl (C=O) groups is 2. The van der Waals surface area contributed by atoms with Crippen molar-refractivity contribution in [2.24, 2.45) is 0 Å². The van der Waals surface area contributed by atoms with Crippen LogP contribution in [0.3, 0.4) is 0 Å². The molecule has 0 fully saturated rings. The van der Waals surface area contributed by atoms with E-state index in [9.17, 15) is 14.0 Å². The molecule has 3 rings (SSSR count). The van der Waals surface area contributed by atoms with E-state index in [1.165, 1.54) is 19.1 Å². The second-order valence-electron chi connectivity index (χ2n) is 6.11. The molecule has 0 unspecified atom stereocenters. The molecule has 2 N–H and O–H groups in total. The predicted octanol–water partition coefficient (Wildman–Crippen LogP) is 4.46. The first-order valence-electron chi connectivity index (χ1n) is 8.44. The van der Waals surface area contributed by atoms with Gasteiger partial charge in [-0.25, -0.2) is 4.39 Å². The number of aromatic nitrogens is 1. The van der Waals surface area contributed by atoms with Gasteiger partial charge in [-0.2, -0.15) is 0 Å². The molecule has 0 aliphatic carbocycles. The molecule has 1 aromatic heterocycles. The number of amides is 1. The fourth-order valence-corrected chi connectivity index (χ4v) is 2.92. The molecule has 0 saturated carbocycles. The average molecular weight is 389 g/mol. The quantitative estimate of drug-likeness (QED) is 0.612. The molecule has 3 aromatic rings. The lowest BCUT2D eigenvalue weighted by Gasteiger charge is -2.14. The van der Waals surface area contributed by atoms with Crippen LogP contribution < -0.4 is 5.32 Å². The number of anilines is 1. The summed E-state index contributed by atoms with van der Waals surface area (Å²) >= 11 is 5.87. The Hall–Kier alpha value is -2.86. The summed E-state index contributed by atoms with van der Waals surface area (Å²) in [6.45, 7) is 1.47. The molecule has 0 aliphatic heterocycles. The monoisotopic (exact) mass is 388 g/mol. The third kappa shape index (κ3) is 4.65. The highest BCUT2D eigenvalue weighted by Gasteiger charge is 2.19. The van der Waals surface area contributed by atoms with Crippen LogP contribution in [0.2, 0.25) is 5.02 Å². The molecule has 0 radical (unpaired) electrons. The average Bonchev–Trinajstić information content (AvgIpc) is 3.05. The summed E-state index contributed by atoms with van der Waals surface area (Å²) in [6, 6.07) is 11.4. The number of aryl methyl sites for hydroxylation is 1. The number of halogens is 2. The number of rotatable bonds is 6. The van der Waals surface area contributed by atoms with Gasteiger partial charge in [0.15, 0.2) is 6.10 Å². The van der Waals surface area contributed by atoms with Gasteiger partial charge in [0.1, 0.15) is 5.82 Å². The summed E-state index contributed by atoms with van der Waals surface area (Å²) in [5, 5.41) is 3.64. The molecule has 2 aromatic carbocycles. The lowest BCUT2D eigenvalue weighted by molar-refractivity contribution is -0.153. The number of hydrogen-bond acceptors (Lipinski definition) is 3. The zero-order chi connectivity index (χ0) is 19.4. The van der Waals surface area contributed by atoms with Crippen LogP contribution >= 0.6 is 11.6 Å². The minimum atomic E-state index is -0.999. The summed E-state index contributed by atoms with van der Waals surface area (Å²) in [7, 11) is 0. The number of para-hydroxylation sites is 1. The standard InChI is InChI=1S/C20H18ClFN2O3/c1-12(20(26)24-18-8-7-14(22)10-16(18)21)27-19(25)9-6-13-11-23-17-5-3-2-4-15(13)17/h2-5,7-8,10-12,23H,6,9H2,1H3,(H,24,26)/t12-/m0/s1. The Morgan fingerprint density at radius 1 is 1.26 bits per heavy atom. The maximum atomic E-state index is 13.0. The van der Waals surface area contributed by atoms with Crippen molar-refractivity contribution in [3.05, 3.63) is 65.1 Å². The van der Waals surface area contributed by atoms with Crippen molar-refractivity contribution >= 4 is 40.1 Å². The van der Waals surface area contributed by atoms with E-state index < -0.39 is 23.8 Å². The van der Waals surface area contributed by atoms with Crippen molar-refractivity contribution in [1.29, 1.82) is 0 Å². The van der Waals surface area contributed by atoms with Gasteiger partial charge in [-0.15, -0.1) is 0 Å². The molecular weight excluding hydrogens is 371 g/mol. The summed E-state index contributed by atoms with van der Waals surface area (Å²) in [4.78, 5) is 27.4. The molecule has 0 aliphatic rings. The first-order chi connectivity index (χ1) is 12.9. The number of hydrogen-bond donors (Lipinski definition) is 2. The number of aromatic amines is 1. The number of nitrogens with one attached hydrogen (secondary N) is 2. The molecule has 27 heavy (non-hydrogen) atoms. The largest absolute Gasteiger partial charge is 0.453 e. The van der Waals surface area contributed by atoms with Gasteiger partial charge in [-0.1, -0.05) is 29.8 Å². The van der Waals surface area contributed by atoms with Crippen molar-refractivity contribution < 1.29 is 18.7 Å². The zero-order valence-electron chi connectivity index (χ0n) is 14.6. The van der Waals surface area contributed by atoms with E-state index in [0.29, 0.717) is 6.42 Å². The molecule has 140 valence electrons. The van der Waals surface area contributed by atoms with E-state index in [-0.39, 0.29) is 17.1 Å². The Morgan fingerprint density at radius 3 is 2.81 bits per heavy atom. The van der Waals surface area contributed by atoms with Gasteiger partial charge in [0.2, 0.25) is 0 Å². The van der Waals surface area contributed by atoms with Crippen molar-refractivity contribution in [3.8, 4) is 0 Å². The van der Waals surface area contributed by atoms with Crippen LogP contribution in [0.5, 0.6) is 0 Å².